The second-order valence-corrected chi connectivity index (χ2v) is 11.0. The van der Waals surface area contributed by atoms with Gasteiger partial charge in [0.25, 0.3) is 10.0 Å². The SMILES string of the molecule is CCNC(=O)[C@H](C)N(CCc1ccccc1)C(=O)CN(c1ccc(F)cc1)S(=O)(=O)c1ccc2c(c1)OCCO2. The number of hydrogen-bond donors (Lipinski definition) is 1. The van der Waals surface area contributed by atoms with Gasteiger partial charge in [-0.3, -0.25) is 13.9 Å². The first kappa shape index (κ1) is 28.9. The molecular formula is C29H32FN3O6S. The molecule has 1 aliphatic rings. The van der Waals surface area contributed by atoms with Gasteiger partial charge in [0.1, 0.15) is 31.6 Å². The predicted octanol–water partition coefficient (Wildman–Crippen LogP) is 3.39. The molecule has 0 aromatic heterocycles. The van der Waals surface area contributed by atoms with Gasteiger partial charge in [-0.15, -0.1) is 0 Å². The van der Waals surface area contributed by atoms with Gasteiger partial charge in [-0.05, 0) is 62.2 Å². The molecule has 1 aliphatic heterocycles. The van der Waals surface area contributed by atoms with Crippen LogP contribution < -0.4 is 19.1 Å². The molecule has 0 unspecified atom stereocenters. The lowest BCUT2D eigenvalue weighted by Gasteiger charge is -2.32. The highest BCUT2D eigenvalue weighted by Gasteiger charge is 2.33. The fourth-order valence-electron chi connectivity index (χ4n) is 4.34. The van der Waals surface area contributed by atoms with E-state index in [0.29, 0.717) is 25.3 Å². The van der Waals surface area contributed by atoms with E-state index >= 15 is 0 Å². The fraction of sp³-hybridized carbons (Fsp3) is 0.310. The molecule has 1 heterocycles. The van der Waals surface area contributed by atoms with Crippen LogP contribution in [0, 0.1) is 5.82 Å². The van der Waals surface area contributed by atoms with E-state index in [2.05, 4.69) is 5.32 Å². The smallest absolute Gasteiger partial charge is 0.264 e. The molecule has 0 saturated carbocycles. The summed E-state index contributed by atoms with van der Waals surface area (Å²) in [5.74, 6) is -0.808. The molecular weight excluding hydrogens is 537 g/mol. The predicted molar refractivity (Wildman–Crippen MR) is 148 cm³/mol. The van der Waals surface area contributed by atoms with Crippen LogP contribution in [-0.4, -0.2) is 64.0 Å². The third-order valence-electron chi connectivity index (χ3n) is 6.50. The number of fused-ring (bicyclic) bond motifs is 1. The molecule has 9 nitrogen and oxygen atoms in total. The van der Waals surface area contributed by atoms with Crippen molar-refractivity contribution >= 4 is 27.5 Å². The van der Waals surface area contributed by atoms with Crippen LogP contribution in [0.5, 0.6) is 11.5 Å². The number of likely N-dealkylation sites (N-methyl/N-ethyl adjacent to an activating group) is 1. The van der Waals surface area contributed by atoms with Gasteiger partial charge < -0.3 is 19.7 Å². The van der Waals surface area contributed by atoms with Crippen molar-refractivity contribution in [2.75, 3.05) is 37.2 Å². The van der Waals surface area contributed by atoms with Gasteiger partial charge in [-0.1, -0.05) is 30.3 Å². The molecule has 0 aliphatic carbocycles. The van der Waals surface area contributed by atoms with Crippen LogP contribution in [0.4, 0.5) is 10.1 Å². The Bertz CT molecular complexity index is 1430. The molecule has 2 amide bonds. The van der Waals surface area contributed by atoms with Crippen molar-refractivity contribution in [1.29, 1.82) is 0 Å². The maximum Gasteiger partial charge on any atom is 0.264 e. The molecule has 4 rings (SSSR count). The summed E-state index contributed by atoms with van der Waals surface area (Å²) in [6, 6.07) is 17.6. The van der Waals surface area contributed by atoms with Crippen molar-refractivity contribution < 1.29 is 31.9 Å². The fourth-order valence-corrected chi connectivity index (χ4v) is 5.77. The summed E-state index contributed by atoms with van der Waals surface area (Å²) in [6.07, 6.45) is 0.460. The zero-order valence-corrected chi connectivity index (χ0v) is 23.2. The van der Waals surface area contributed by atoms with Crippen LogP contribution in [0.15, 0.2) is 77.7 Å². The molecule has 0 spiro atoms. The number of carbonyl (C=O) groups is 2. The van der Waals surface area contributed by atoms with E-state index in [-0.39, 0.29) is 35.4 Å². The minimum Gasteiger partial charge on any atom is -0.486 e. The second-order valence-electron chi connectivity index (χ2n) is 9.19. The van der Waals surface area contributed by atoms with Gasteiger partial charge >= 0.3 is 0 Å². The van der Waals surface area contributed by atoms with Crippen molar-refractivity contribution in [3.63, 3.8) is 0 Å². The Morgan fingerprint density at radius 3 is 2.33 bits per heavy atom. The number of carbonyl (C=O) groups excluding carboxylic acids is 2. The largest absolute Gasteiger partial charge is 0.486 e. The Balaban J connectivity index is 1.68. The summed E-state index contributed by atoms with van der Waals surface area (Å²) in [6.45, 7) is 3.94. The minimum atomic E-state index is -4.33. The monoisotopic (exact) mass is 569 g/mol. The Kier molecular flexibility index (Phi) is 9.26. The Labute approximate surface area is 233 Å². The molecule has 1 atom stereocenters. The molecule has 1 N–H and O–H groups in total. The third-order valence-corrected chi connectivity index (χ3v) is 8.27. The number of hydrogen-bond acceptors (Lipinski definition) is 6. The number of sulfonamides is 1. The first-order valence-corrected chi connectivity index (χ1v) is 14.4. The number of nitrogens with zero attached hydrogens (tertiary/aromatic N) is 2. The first-order valence-electron chi connectivity index (χ1n) is 13.0. The normalized spacial score (nSPS) is 13.3. The number of rotatable bonds is 11. The summed E-state index contributed by atoms with van der Waals surface area (Å²) >= 11 is 0. The van der Waals surface area contributed by atoms with E-state index in [1.54, 1.807) is 13.8 Å². The molecule has 0 saturated heterocycles. The van der Waals surface area contributed by atoms with Gasteiger partial charge in [-0.2, -0.15) is 0 Å². The molecule has 3 aromatic carbocycles. The minimum absolute atomic E-state index is 0.0957. The molecule has 3 aromatic rings. The second kappa shape index (κ2) is 12.8. The number of ether oxygens (including phenoxy) is 2. The number of anilines is 1. The summed E-state index contributed by atoms with van der Waals surface area (Å²) in [5, 5.41) is 2.72. The van der Waals surface area contributed by atoms with Crippen molar-refractivity contribution in [3.05, 3.63) is 84.2 Å². The Hall–Kier alpha value is -4.12. The quantitative estimate of drug-likeness (QED) is 0.380. The standard InChI is InChI=1S/C29H32FN3O6S/c1-3-31-29(35)21(2)32(16-15-22-7-5-4-6-8-22)28(34)20-33(24-11-9-23(30)10-12-24)40(36,37)25-13-14-26-27(19-25)39-18-17-38-26/h4-14,19,21H,3,15-18,20H2,1-2H3,(H,31,35)/t21-/m0/s1. The molecule has 0 radical (unpaired) electrons. The van der Waals surface area contributed by atoms with Crippen LogP contribution in [0.25, 0.3) is 0 Å². The van der Waals surface area contributed by atoms with Crippen molar-refractivity contribution in [2.45, 2.75) is 31.2 Å². The Morgan fingerprint density at radius 2 is 1.65 bits per heavy atom. The Morgan fingerprint density at radius 1 is 0.975 bits per heavy atom. The van der Waals surface area contributed by atoms with Gasteiger partial charge in [0, 0.05) is 19.2 Å². The molecule has 0 fully saturated rings. The maximum atomic E-state index is 13.9. The summed E-state index contributed by atoms with van der Waals surface area (Å²) in [4.78, 5) is 27.8. The van der Waals surface area contributed by atoms with Gasteiger partial charge in [0.15, 0.2) is 11.5 Å². The van der Waals surface area contributed by atoms with Gasteiger partial charge in [0.05, 0.1) is 10.6 Å². The van der Waals surface area contributed by atoms with E-state index in [4.69, 9.17) is 9.47 Å². The van der Waals surface area contributed by atoms with Gasteiger partial charge in [0.2, 0.25) is 11.8 Å². The van der Waals surface area contributed by atoms with Crippen molar-refractivity contribution in [3.8, 4) is 11.5 Å². The van der Waals surface area contributed by atoms with E-state index in [1.807, 2.05) is 30.3 Å². The zero-order valence-electron chi connectivity index (χ0n) is 22.4. The average molecular weight is 570 g/mol. The van der Waals surface area contributed by atoms with Crippen molar-refractivity contribution in [2.24, 2.45) is 0 Å². The lowest BCUT2D eigenvalue weighted by molar-refractivity contribution is -0.138. The summed E-state index contributed by atoms with van der Waals surface area (Å²) < 4.78 is 53.6. The summed E-state index contributed by atoms with van der Waals surface area (Å²) in [5.41, 5.74) is 1.06. The number of nitrogens with one attached hydrogen (secondary N) is 1. The molecule has 0 bridgehead atoms. The molecule has 11 heteroatoms. The molecule has 40 heavy (non-hydrogen) atoms. The van der Waals surface area contributed by atoms with E-state index in [0.717, 1.165) is 22.0 Å². The summed E-state index contributed by atoms with van der Waals surface area (Å²) in [7, 11) is -4.33. The average Bonchev–Trinajstić information content (AvgIpc) is 2.96. The first-order chi connectivity index (χ1) is 19.2. The number of benzene rings is 3. The van der Waals surface area contributed by atoms with Crippen molar-refractivity contribution in [1.82, 2.24) is 10.2 Å². The maximum absolute atomic E-state index is 13.9. The molecule has 212 valence electrons. The number of amides is 2. The number of halogens is 1. The van der Waals surface area contributed by atoms with Gasteiger partial charge in [-0.25, -0.2) is 12.8 Å². The van der Waals surface area contributed by atoms with Crippen LogP contribution in [0.1, 0.15) is 19.4 Å². The van der Waals surface area contributed by atoms with Crippen LogP contribution in [0.2, 0.25) is 0 Å². The van der Waals surface area contributed by atoms with E-state index in [1.165, 1.54) is 35.2 Å². The highest BCUT2D eigenvalue weighted by molar-refractivity contribution is 7.92. The topological polar surface area (TPSA) is 105 Å². The lowest BCUT2D eigenvalue weighted by atomic mass is 10.1. The highest BCUT2D eigenvalue weighted by Crippen LogP contribution is 2.34. The van der Waals surface area contributed by atoms with E-state index in [9.17, 15) is 22.4 Å². The van der Waals surface area contributed by atoms with Crippen LogP contribution in [-0.2, 0) is 26.0 Å². The lowest BCUT2D eigenvalue weighted by Crippen LogP contribution is -2.52. The highest BCUT2D eigenvalue weighted by atomic mass is 32.2. The van der Waals surface area contributed by atoms with Crippen LogP contribution >= 0.6 is 0 Å². The zero-order chi connectivity index (χ0) is 28.7. The third kappa shape index (κ3) is 6.71. The van der Waals surface area contributed by atoms with Crippen LogP contribution in [0.3, 0.4) is 0 Å². The van der Waals surface area contributed by atoms with E-state index < -0.39 is 34.3 Å².